The molecule has 7 heteroatoms. The van der Waals surface area contributed by atoms with Crippen LogP contribution in [-0.2, 0) is 11.2 Å². The van der Waals surface area contributed by atoms with E-state index in [2.05, 4.69) is 9.72 Å². The minimum absolute atomic E-state index is 0.0159. The number of esters is 1. The maximum atomic E-state index is 12.1. The molecule has 1 aromatic rings. The Morgan fingerprint density at radius 2 is 2.19 bits per heavy atom. The van der Waals surface area contributed by atoms with E-state index in [1.165, 1.54) is 0 Å². The van der Waals surface area contributed by atoms with E-state index in [1.807, 2.05) is 0 Å². The summed E-state index contributed by atoms with van der Waals surface area (Å²) in [6.07, 6.45) is -4.58. The summed E-state index contributed by atoms with van der Waals surface area (Å²) < 4.78 is 40.6. The molecule has 0 atom stereocenters. The fourth-order valence-corrected chi connectivity index (χ4v) is 1.10. The molecule has 0 fully saturated rings. The van der Waals surface area contributed by atoms with Gasteiger partial charge in [0.25, 0.3) is 0 Å². The Morgan fingerprint density at radius 1 is 1.56 bits per heavy atom. The number of hydrogen-bond donors (Lipinski definition) is 1. The topological polar surface area (TPSA) is 65.2 Å². The molecule has 0 saturated heterocycles. The van der Waals surface area contributed by atoms with Gasteiger partial charge >= 0.3 is 12.1 Å². The molecule has 0 spiro atoms. The smallest absolute Gasteiger partial charge is 0.394 e. The van der Waals surface area contributed by atoms with E-state index in [4.69, 9.17) is 5.73 Å². The summed E-state index contributed by atoms with van der Waals surface area (Å²) in [7, 11) is 1.12. The number of pyridine rings is 1. The lowest BCUT2D eigenvalue weighted by molar-refractivity contribution is -0.127. The van der Waals surface area contributed by atoms with Crippen molar-refractivity contribution < 1.29 is 22.7 Å². The molecule has 16 heavy (non-hydrogen) atoms. The molecule has 0 aromatic carbocycles. The van der Waals surface area contributed by atoms with Crippen LogP contribution in [0, 0.1) is 0 Å². The Morgan fingerprint density at radius 3 is 2.69 bits per heavy atom. The van der Waals surface area contributed by atoms with Gasteiger partial charge in [0.1, 0.15) is 0 Å². The number of halogens is 3. The first-order chi connectivity index (χ1) is 7.33. The van der Waals surface area contributed by atoms with Crippen LogP contribution in [0.25, 0.3) is 0 Å². The molecule has 0 aliphatic carbocycles. The number of carbonyl (C=O) groups excluding carboxylic acids is 1. The summed E-state index contributed by atoms with van der Waals surface area (Å²) in [6, 6.07) is 0.981. The lowest BCUT2D eigenvalue weighted by Crippen LogP contribution is -2.14. The lowest BCUT2D eigenvalue weighted by atomic mass is 10.1. The lowest BCUT2D eigenvalue weighted by Gasteiger charge is -2.08. The van der Waals surface area contributed by atoms with Gasteiger partial charge in [-0.15, -0.1) is 0 Å². The van der Waals surface area contributed by atoms with Gasteiger partial charge in [0.05, 0.1) is 36.7 Å². The van der Waals surface area contributed by atoms with E-state index in [-0.39, 0.29) is 16.9 Å². The van der Waals surface area contributed by atoms with Gasteiger partial charge in [-0.3, -0.25) is 4.98 Å². The Hall–Kier alpha value is -1.79. The maximum absolute atomic E-state index is 12.1. The largest absolute Gasteiger partial charge is 0.465 e. The van der Waals surface area contributed by atoms with Crippen molar-refractivity contribution >= 4 is 11.7 Å². The summed E-state index contributed by atoms with van der Waals surface area (Å²) in [4.78, 5) is 14.6. The Balaban J connectivity index is 3.03. The molecule has 2 N–H and O–H groups in total. The molecule has 0 radical (unpaired) electrons. The zero-order chi connectivity index (χ0) is 12.3. The van der Waals surface area contributed by atoms with Gasteiger partial charge in [-0.25, -0.2) is 4.79 Å². The maximum Gasteiger partial charge on any atom is 0.394 e. The summed E-state index contributed by atoms with van der Waals surface area (Å²) >= 11 is 0. The molecular formula is C9H9F3N2O2. The first kappa shape index (κ1) is 12.3. The van der Waals surface area contributed by atoms with E-state index < -0.39 is 18.6 Å². The molecule has 0 unspecified atom stereocenters. The fourth-order valence-electron chi connectivity index (χ4n) is 1.10. The van der Waals surface area contributed by atoms with Crippen LogP contribution in [0.1, 0.15) is 16.1 Å². The highest BCUT2D eigenvalue weighted by Crippen LogP contribution is 2.22. The van der Waals surface area contributed by atoms with Crippen LogP contribution < -0.4 is 5.73 Å². The first-order valence-electron chi connectivity index (χ1n) is 4.23. The predicted molar refractivity (Wildman–Crippen MR) is 49.7 cm³/mol. The van der Waals surface area contributed by atoms with Crippen LogP contribution in [0.15, 0.2) is 12.3 Å². The van der Waals surface area contributed by atoms with Gasteiger partial charge in [0.2, 0.25) is 0 Å². The standard InChI is InChI=1S/C9H9F3N2O2/c1-16-8(15)6-2-5(3-9(10,11)12)14-4-7(6)13/h2,4H,3,13H2,1H3. The number of rotatable bonds is 2. The van der Waals surface area contributed by atoms with Crippen LogP contribution in [0.4, 0.5) is 18.9 Å². The molecule has 0 amide bonds. The van der Waals surface area contributed by atoms with Gasteiger partial charge in [-0.2, -0.15) is 13.2 Å². The number of methoxy groups -OCH3 is 1. The van der Waals surface area contributed by atoms with E-state index in [0.717, 1.165) is 19.4 Å². The van der Waals surface area contributed by atoms with Gasteiger partial charge in [0, 0.05) is 0 Å². The molecule has 88 valence electrons. The second kappa shape index (κ2) is 4.38. The number of aromatic nitrogens is 1. The Labute approximate surface area is 89.2 Å². The van der Waals surface area contributed by atoms with Crippen LogP contribution in [0.5, 0.6) is 0 Å². The fraction of sp³-hybridized carbons (Fsp3) is 0.333. The van der Waals surface area contributed by atoms with Crippen molar-refractivity contribution in [3.63, 3.8) is 0 Å². The Bertz CT molecular complexity index is 404. The monoisotopic (exact) mass is 234 g/mol. The highest BCUT2D eigenvalue weighted by atomic mass is 19.4. The SMILES string of the molecule is COC(=O)c1cc(CC(F)(F)F)ncc1N. The van der Waals surface area contributed by atoms with Crippen LogP contribution in [-0.4, -0.2) is 24.2 Å². The Kier molecular flexibility index (Phi) is 3.36. The quantitative estimate of drug-likeness (QED) is 0.788. The molecule has 0 bridgehead atoms. The number of carbonyl (C=O) groups is 1. The normalized spacial score (nSPS) is 11.2. The molecule has 1 heterocycles. The third kappa shape index (κ3) is 3.11. The predicted octanol–water partition coefficient (Wildman–Crippen LogP) is 1.56. The van der Waals surface area contributed by atoms with Gasteiger partial charge in [-0.05, 0) is 6.07 Å². The van der Waals surface area contributed by atoms with E-state index in [9.17, 15) is 18.0 Å². The average Bonchev–Trinajstić information content (AvgIpc) is 2.18. The van der Waals surface area contributed by atoms with Gasteiger partial charge < -0.3 is 10.5 Å². The van der Waals surface area contributed by atoms with Crippen molar-refractivity contribution in [2.24, 2.45) is 0 Å². The van der Waals surface area contributed by atoms with Crippen LogP contribution in [0.2, 0.25) is 0 Å². The second-order valence-electron chi connectivity index (χ2n) is 3.05. The highest BCUT2D eigenvalue weighted by molar-refractivity contribution is 5.94. The number of anilines is 1. The highest BCUT2D eigenvalue weighted by Gasteiger charge is 2.29. The summed E-state index contributed by atoms with van der Waals surface area (Å²) in [6.45, 7) is 0. The number of nitrogens with zero attached hydrogens (tertiary/aromatic N) is 1. The van der Waals surface area contributed by atoms with E-state index in [0.29, 0.717) is 0 Å². The molecular weight excluding hydrogens is 225 g/mol. The minimum Gasteiger partial charge on any atom is -0.465 e. The van der Waals surface area contributed by atoms with Crippen molar-refractivity contribution in [1.82, 2.24) is 4.98 Å². The zero-order valence-electron chi connectivity index (χ0n) is 8.34. The number of nitrogens with two attached hydrogens (primary N) is 1. The van der Waals surface area contributed by atoms with E-state index >= 15 is 0 Å². The molecule has 4 nitrogen and oxygen atoms in total. The molecule has 1 rings (SSSR count). The van der Waals surface area contributed by atoms with Gasteiger partial charge in [0.15, 0.2) is 0 Å². The number of ether oxygens (including phenoxy) is 1. The first-order valence-corrected chi connectivity index (χ1v) is 4.23. The molecule has 1 aromatic heterocycles. The number of alkyl halides is 3. The van der Waals surface area contributed by atoms with Crippen LogP contribution >= 0.6 is 0 Å². The number of hydrogen-bond acceptors (Lipinski definition) is 4. The number of nitrogen functional groups attached to an aromatic ring is 1. The third-order valence-electron chi connectivity index (χ3n) is 1.78. The molecule has 0 aliphatic rings. The summed E-state index contributed by atoms with van der Waals surface area (Å²) in [5.74, 6) is -0.789. The van der Waals surface area contributed by atoms with Crippen molar-refractivity contribution in [2.75, 3.05) is 12.8 Å². The molecule has 0 aliphatic heterocycles. The zero-order valence-corrected chi connectivity index (χ0v) is 8.34. The summed E-state index contributed by atoms with van der Waals surface area (Å²) in [5, 5.41) is 0. The van der Waals surface area contributed by atoms with Crippen molar-refractivity contribution in [2.45, 2.75) is 12.6 Å². The van der Waals surface area contributed by atoms with Crippen molar-refractivity contribution in [1.29, 1.82) is 0 Å². The third-order valence-corrected chi connectivity index (χ3v) is 1.78. The van der Waals surface area contributed by atoms with Gasteiger partial charge in [-0.1, -0.05) is 0 Å². The molecule has 0 saturated carbocycles. The van der Waals surface area contributed by atoms with Crippen molar-refractivity contribution in [3.05, 3.63) is 23.5 Å². The second-order valence-corrected chi connectivity index (χ2v) is 3.05. The van der Waals surface area contributed by atoms with E-state index in [1.54, 1.807) is 0 Å². The average molecular weight is 234 g/mol. The summed E-state index contributed by atoms with van der Waals surface area (Å²) in [5.41, 5.74) is 4.98. The van der Waals surface area contributed by atoms with Crippen molar-refractivity contribution in [3.8, 4) is 0 Å². The van der Waals surface area contributed by atoms with Crippen LogP contribution in [0.3, 0.4) is 0 Å². The minimum atomic E-state index is -4.38.